The summed E-state index contributed by atoms with van der Waals surface area (Å²) in [6.45, 7) is 4.39. The summed E-state index contributed by atoms with van der Waals surface area (Å²) in [6, 6.07) is 9.72. The Morgan fingerprint density at radius 3 is 2.67 bits per heavy atom. The third-order valence-corrected chi connectivity index (χ3v) is 4.18. The number of likely N-dealkylation sites (tertiary alicyclic amines) is 1. The molecule has 0 aromatic heterocycles. The quantitative estimate of drug-likeness (QED) is 0.762. The Morgan fingerprint density at radius 1 is 1.22 bits per heavy atom. The lowest BCUT2D eigenvalue weighted by molar-refractivity contribution is 0.0878. The lowest BCUT2D eigenvalue weighted by atomic mass is 9.83. The second kappa shape index (κ2) is 6.14. The van der Waals surface area contributed by atoms with Gasteiger partial charge in [-0.2, -0.15) is 0 Å². The largest absolute Gasteiger partial charge is 0.306 e. The van der Waals surface area contributed by atoms with Crippen LogP contribution in [0.4, 0.5) is 0 Å². The first-order valence-corrected chi connectivity index (χ1v) is 6.96. The Morgan fingerprint density at radius 2 is 1.94 bits per heavy atom. The summed E-state index contributed by atoms with van der Waals surface area (Å²) in [5.74, 6) is 1.01. The highest BCUT2D eigenvalue weighted by atomic mass is 16.1. The number of hydrogen-bond acceptors (Lipinski definition) is 2. The summed E-state index contributed by atoms with van der Waals surface area (Å²) in [5.41, 5.74) is 0.864. The summed E-state index contributed by atoms with van der Waals surface area (Å²) in [7, 11) is 2.17. The van der Waals surface area contributed by atoms with Crippen LogP contribution >= 0.6 is 0 Å². The van der Waals surface area contributed by atoms with E-state index in [0.29, 0.717) is 11.7 Å². The molecular weight excluding hydrogens is 222 g/mol. The Balaban J connectivity index is 2.02. The van der Waals surface area contributed by atoms with Crippen molar-refractivity contribution < 1.29 is 4.79 Å². The first-order valence-electron chi connectivity index (χ1n) is 6.96. The van der Waals surface area contributed by atoms with E-state index < -0.39 is 0 Å². The number of Topliss-reactive ketones (excluding diaryl/α,β-unsaturated/α-hetero) is 1. The average molecular weight is 245 g/mol. The molecule has 0 radical (unpaired) electrons. The minimum atomic E-state index is 0.152. The minimum Gasteiger partial charge on any atom is -0.306 e. The zero-order valence-electron chi connectivity index (χ0n) is 11.4. The van der Waals surface area contributed by atoms with Gasteiger partial charge in [0.25, 0.3) is 0 Å². The third-order valence-electron chi connectivity index (χ3n) is 4.18. The smallest absolute Gasteiger partial charge is 0.165 e. The molecule has 0 bridgehead atoms. The van der Waals surface area contributed by atoms with E-state index in [1.54, 1.807) is 0 Å². The maximum absolute atomic E-state index is 12.4. The van der Waals surface area contributed by atoms with Crippen LogP contribution in [0, 0.1) is 11.8 Å². The van der Waals surface area contributed by atoms with Crippen LogP contribution in [0.15, 0.2) is 30.3 Å². The van der Waals surface area contributed by atoms with Crippen LogP contribution in [0.1, 0.15) is 36.5 Å². The molecule has 1 saturated heterocycles. The SMILES string of the molecule is CC(C(=O)c1ccccc1)C1CCCN(C)CC1. The molecule has 0 amide bonds. The van der Waals surface area contributed by atoms with E-state index in [1.165, 1.54) is 19.4 Å². The first-order chi connectivity index (χ1) is 8.68. The molecule has 18 heavy (non-hydrogen) atoms. The van der Waals surface area contributed by atoms with Gasteiger partial charge in [-0.25, -0.2) is 0 Å². The van der Waals surface area contributed by atoms with E-state index in [2.05, 4.69) is 18.9 Å². The van der Waals surface area contributed by atoms with Crippen LogP contribution in [-0.4, -0.2) is 30.8 Å². The van der Waals surface area contributed by atoms with E-state index in [-0.39, 0.29) is 5.92 Å². The third kappa shape index (κ3) is 3.20. The number of rotatable bonds is 3. The maximum atomic E-state index is 12.4. The molecular formula is C16H23NO. The molecule has 0 spiro atoms. The van der Waals surface area contributed by atoms with Crippen molar-refractivity contribution in [1.82, 2.24) is 4.90 Å². The predicted molar refractivity (Wildman–Crippen MR) is 74.8 cm³/mol. The topological polar surface area (TPSA) is 20.3 Å². The molecule has 1 aromatic carbocycles. The molecule has 1 heterocycles. The van der Waals surface area contributed by atoms with E-state index >= 15 is 0 Å². The number of benzene rings is 1. The highest BCUT2D eigenvalue weighted by Gasteiger charge is 2.26. The Kier molecular flexibility index (Phi) is 4.54. The number of ketones is 1. The van der Waals surface area contributed by atoms with E-state index in [0.717, 1.165) is 18.5 Å². The van der Waals surface area contributed by atoms with Gasteiger partial charge < -0.3 is 4.90 Å². The highest BCUT2D eigenvalue weighted by molar-refractivity contribution is 5.97. The molecule has 1 aromatic rings. The molecule has 0 N–H and O–H groups in total. The van der Waals surface area contributed by atoms with E-state index in [9.17, 15) is 4.79 Å². The lowest BCUT2D eigenvalue weighted by Crippen LogP contribution is -2.23. The van der Waals surface area contributed by atoms with Crippen LogP contribution in [-0.2, 0) is 0 Å². The molecule has 2 nitrogen and oxygen atoms in total. The van der Waals surface area contributed by atoms with Crippen molar-refractivity contribution in [3.8, 4) is 0 Å². The summed E-state index contributed by atoms with van der Waals surface area (Å²) in [4.78, 5) is 14.8. The van der Waals surface area contributed by atoms with Gasteiger partial charge >= 0.3 is 0 Å². The fourth-order valence-electron chi connectivity index (χ4n) is 2.85. The van der Waals surface area contributed by atoms with Crippen LogP contribution in [0.2, 0.25) is 0 Å². The van der Waals surface area contributed by atoms with Crippen molar-refractivity contribution in [2.24, 2.45) is 11.8 Å². The molecule has 1 aliphatic rings. The molecule has 0 saturated carbocycles. The Bertz CT molecular complexity index is 387. The molecule has 2 rings (SSSR count). The summed E-state index contributed by atoms with van der Waals surface area (Å²) >= 11 is 0. The van der Waals surface area contributed by atoms with Gasteiger partial charge in [-0.3, -0.25) is 4.79 Å². The summed E-state index contributed by atoms with van der Waals surface area (Å²) < 4.78 is 0. The Labute approximate surface area is 110 Å². The van der Waals surface area contributed by atoms with Crippen LogP contribution < -0.4 is 0 Å². The second-order valence-corrected chi connectivity index (χ2v) is 5.51. The Hall–Kier alpha value is -1.15. The molecule has 0 aliphatic carbocycles. The van der Waals surface area contributed by atoms with Gasteiger partial charge in [0.05, 0.1) is 0 Å². The fourth-order valence-corrected chi connectivity index (χ4v) is 2.85. The van der Waals surface area contributed by atoms with Crippen molar-refractivity contribution in [3.63, 3.8) is 0 Å². The second-order valence-electron chi connectivity index (χ2n) is 5.51. The molecule has 2 unspecified atom stereocenters. The minimum absolute atomic E-state index is 0.152. The molecule has 2 atom stereocenters. The van der Waals surface area contributed by atoms with Gasteiger partial charge in [-0.1, -0.05) is 37.3 Å². The van der Waals surface area contributed by atoms with Gasteiger partial charge in [0, 0.05) is 11.5 Å². The van der Waals surface area contributed by atoms with Crippen LogP contribution in [0.25, 0.3) is 0 Å². The number of carbonyl (C=O) groups excluding carboxylic acids is 1. The van der Waals surface area contributed by atoms with E-state index in [4.69, 9.17) is 0 Å². The van der Waals surface area contributed by atoms with Crippen molar-refractivity contribution in [3.05, 3.63) is 35.9 Å². The molecule has 1 aliphatic heterocycles. The monoisotopic (exact) mass is 245 g/mol. The highest BCUT2D eigenvalue weighted by Crippen LogP contribution is 2.27. The lowest BCUT2D eigenvalue weighted by Gasteiger charge is -2.21. The van der Waals surface area contributed by atoms with Crippen molar-refractivity contribution in [2.75, 3.05) is 20.1 Å². The van der Waals surface area contributed by atoms with Crippen molar-refractivity contribution >= 4 is 5.78 Å². The normalized spacial score (nSPS) is 23.3. The van der Waals surface area contributed by atoms with Gasteiger partial charge in [0.1, 0.15) is 0 Å². The average Bonchev–Trinajstić information content (AvgIpc) is 2.63. The van der Waals surface area contributed by atoms with E-state index in [1.807, 2.05) is 30.3 Å². The zero-order chi connectivity index (χ0) is 13.0. The standard InChI is InChI=1S/C16H23NO/c1-13(14-9-6-11-17(2)12-10-14)16(18)15-7-4-3-5-8-15/h3-5,7-8,13-14H,6,9-12H2,1-2H3. The van der Waals surface area contributed by atoms with Gasteiger partial charge in [0.2, 0.25) is 0 Å². The fraction of sp³-hybridized carbons (Fsp3) is 0.562. The zero-order valence-corrected chi connectivity index (χ0v) is 11.4. The predicted octanol–water partition coefficient (Wildman–Crippen LogP) is 3.24. The molecule has 1 fully saturated rings. The summed E-state index contributed by atoms with van der Waals surface area (Å²) in [5, 5.41) is 0. The molecule has 2 heteroatoms. The van der Waals surface area contributed by atoms with Crippen LogP contribution in [0.5, 0.6) is 0 Å². The summed E-state index contributed by atoms with van der Waals surface area (Å²) in [6.07, 6.45) is 3.55. The van der Waals surface area contributed by atoms with Crippen LogP contribution in [0.3, 0.4) is 0 Å². The number of carbonyl (C=O) groups is 1. The molecule has 98 valence electrons. The maximum Gasteiger partial charge on any atom is 0.165 e. The number of hydrogen-bond donors (Lipinski definition) is 0. The van der Waals surface area contributed by atoms with Crippen molar-refractivity contribution in [2.45, 2.75) is 26.2 Å². The van der Waals surface area contributed by atoms with Gasteiger partial charge in [0.15, 0.2) is 5.78 Å². The van der Waals surface area contributed by atoms with Gasteiger partial charge in [-0.05, 0) is 45.3 Å². The van der Waals surface area contributed by atoms with Gasteiger partial charge in [-0.15, -0.1) is 0 Å². The van der Waals surface area contributed by atoms with Crippen molar-refractivity contribution in [1.29, 1.82) is 0 Å². The first kappa shape index (κ1) is 13.3. The number of nitrogens with zero attached hydrogens (tertiary/aromatic N) is 1.